The van der Waals surface area contributed by atoms with Gasteiger partial charge in [-0.15, -0.1) is 0 Å². The molecular formula is C17H20N2O4. The molecule has 23 heavy (non-hydrogen) atoms. The van der Waals surface area contributed by atoms with Crippen LogP contribution in [-0.4, -0.2) is 24.1 Å². The maximum absolute atomic E-state index is 12.6. The van der Waals surface area contributed by atoms with E-state index in [1.807, 2.05) is 13.0 Å². The first kappa shape index (κ1) is 17.0. The van der Waals surface area contributed by atoms with Gasteiger partial charge in [-0.05, 0) is 44.7 Å². The molecule has 6 heteroatoms. The van der Waals surface area contributed by atoms with E-state index in [2.05, 4.69) is 5.32 Å². The maximum atomic E-state index is 12.6. The Morgan fingerprint density at radius 2 is 2.04 bits per heavy atom. The van der Waals surface area contributed by atoms with Crippen molar-refractivity contribution in [3.05, 3.63) is 23.8 Å². The van der Waals surface area contributed by atoms with Crippen LogP contribution in [0.5, 0.6) is 5.75 Å². The fourth-order valence-electron chi connectivity index (χ4n) is 2.85. The van der Waals surface area contributed by atoms with Crippen molar-refractivity contribution in [3.63, 3.8) is 0 Å². The number of nitriles is 1. The van der Waals surface area contributed by atoms with E-state index in [0.717, 1.165) is 12.8 Å². The third kappa shape index (κ3) is 3.88. The molecule has 0 saturated heterocycles. The largest absolute Gasteiger partial charge is 0.427 e. The van der Waals surface area contributed by atoms with Gasteiger partial charge in [-0.1, -0.05) is 0 Å². The lowest BCUT2D eigenvalue weighted by Gasteiger charge is -2.27. The Bertz CT molecular complexity index is 642. The molecule has 0 aromatic heterocycles. The quantitative estimate of drug-likeness (QED) is 0.666. The summed E-state index contributed by atoms with van der Waals surface area (Å²) in [7, 11) is 0. The smallest absolute Gasteiger partial charge is 0.308 e. The van der Waals surface area contributed by atoms with Crippen molar-refractivity contribution >= 4 is 17.6 Å². The minimum Gasteiger partial charge on any atom is -0.427 e. The molecule has 1 aromatic carbocycles. The lowest BCUT2D eigenvalue weighted by Crippen LogP contribution is -2.43. The van der Waals surface area contributed by atoms with Gasteiger partial charge in [-0.2, -0.15) is 5.26 Å². The molecule has 0 spiro atoms. The van der Waals surface area contributed by atoms with E-state index >= 15 is 0 Å². The molecule has 0 radical (unpaired) electrons. The van der Waals surface area contributed by atoms with Crippen LogP contribution < -0.4 is 10.1 Å². The van der Waals surface area contributed by atoms with Crippen LogP contribution in [0, 0.1) is 11.3 Å². The zero-order chi connectivity index (χ0) is 16.9. The molecule has 0 atom stereocenters. The summed E-state index contributed by atoms with van der Waals surface area (Å²) in [4.78, 5) is 23.6. The van der Waals surface area contributed by atoms with E-state index in [0.29, 0.717) is 25.1 Å². The number of esters is 1. The summed E-state index contributed by atoms with van der Waals surface area (Å²) in [6, 6.07) is 6.53. The number of carbonyl (C=O) groups is 2. The van der Waals surface area contributed by atoms with Crippen molar-refractivity contribution in [1.29, 1.82) is 5.26 Å². The number of carbonyl (C=O) groups excluding carboxylic acids is 2. The van der Waals surface area contributed by atoms with Crippen LogP contribution >= 0.6 is 0 Å². The molecule has 2 rings (SSSR count). The summed E-state index contributed by atoms with van der Waals surface area (Å²) in [5.74, 6) is -0.423. The number of ether oxygens (including phenoxy) is 2. The van der Waals surface area contributed by atoms with Crippen LogP contribution in [0.2, 0.25) is 0 Å². The van der Waals surface area contributed by atoms with Gasteiger partial charge in [0.2, 0.25) is 0 Å². The van der Waals surface area contributed by atoms with E-state index in [4.69, 9.17) is 9.47 Å². The Labute approximate surface area is 135 Å². The summed E-state index contributed by atoms with van der Waals surface area (Å²) < 4.78 is 10.7. The van der Waals surface area contributed by atoms with Gasteiger partial charge in [-0.3, -0.25) is 9.59 Å². The second-order valence-corrected chi connectivity index (χ2v) is 5.50. The molecule has 6 nitrogen and oxygen atoms in total. The number of benzene rings is 1. The minimum absolute atomic E-state index is 0.228. The summed E-state index contributed by atoms with van der Waals surface area (Å²) in [5.41, 5.74) is -0.183. The fraction of sp³-hybridized carbons (Fsp3) is 0.471. The normalized spacial score (nSPS) is 15.7. The third-order valence-electron chi connectivity index (χ3n) is 3.87. The fourth-order valence-corrected chi connectivity index (χ4v) is 2.85. The highest BCUT2D eigenvalue weighted by atomic mass is 16.5. The monoisotopic (exact) mass is 316 g/mol. The van der Waals surface area contributed by atoms with Crippen molar-refractivity contribution < 1.29 is 19.1 Å². The molecule has 1 aromatic rings. The first-order chi connectivity index (χ1) is 11.0. The van der Waals surface area contributed by atoms with Crippen molar-refractivity contribution in [1.82, 2.24) is 0 Å². The first-order valence-corrected chi connectivity index (χ1v) is 7.69. The van der Waals surface area contributed by atoms with Crippen LogP contribution in [0.4, 0.5) is 5.69 Å². The van der Waals surface area contributed by atoms with Crippen molar-refractivity contribution in [2.75, 3.05) is 11.9 Å². The number of anilines is 1. The molecule has 0 aliphatic heterocycles. The Balaban J connectivity index is 2.20. The van der Waals surface area contributed by atoms with Gasteiger partial charge in [0.05, 0.1) is 11.3 Å². The predicted molar refractivity (Wildman–Crippen MR) is 83.9 cm³/mol. The van der Waals surface area contributed by atoms with E-state index in [9.17, 15) is 14.9 Å². The highest BCUT2D eigenvalue weighted by Crippen LogP contribution is 2.35. The lowest BCUT2D eigenvalue weighted by atomic mass is 10.0. The Hall–Kier alpha value is -2.39. The van der Waals surface area contributed by atoms with Crippen LogP contribution in [0.15, 0.2) is 18.2 Å². The van der Waals surface area contributed by atoms with Crippen LogP contribution in [0.25, 0.3) is 0 Å². The van der Waals surface area contributed by atoms with Gasteiger partial charge < -0.3 is 14.8 Å². The summed E-state index contributed by atoms with van der Waals surface area (Å²) >= 11 is 0. The molecule has 1 N–H and O–H groups in total. The number of amides is 1. The Morgan fingerprint density at radius 3 is 2.61 bits per heavy atom. The minimum atomic E-state index is -0.809. The van der Waals surface area contributed by atoms with Crippen molar-refractivity contribution in [2.45, 2.75) is 45.1 Å². The highest BCUT2D eigenvalue weighted by molar-refractivity contribution is 5.98. The molecule has 1 amide bonds. The van der Waals surface area contributed by atoms with Crippen molar-refractivity contribution in [2.24, 2.45) is 0 Å². The predicted octanol–water partition coefficient (Wildman–Crippen LogP) is 2.77. The molecule has 122 valence electrons. The van der Waals surface area contributed by atoms with Crippen LogP contribution in [0.3, 0.4) is 0 Å². The van der Waals surface area contributed by atoms with Gasteiger partial charge in [0.15, 0.2) is 0 Å². The highest BCUT2D eigenvalue weighted by Gasteiger charge is 2.42. The van der Waals surface area contributed by atoms with Gasteiger partial charge in [0.1, 0.15) is 17.4 Å². The number of hydrogen-bond donors (Lipinski definition) is 1. The third-order valence-corrected chi connectivity index (χ3v) is 3.87. The average molecular weight is 316 g/mol. The lowest BCUT2D eigenvalue weighted by molar-refractivity contribution is -0.140. The van der Waals surface area contributed by atoms with E-state index in [1.54, 1.807) is 12.1 Å². The second-order valence-electron chi connectivity index (χ2n) is 5.50. The zero-order valence-corrected chi connectivity index (χ0v) is 13.3. The molecule has 1 fully saturated rings. The Morgan fingerprint density at radius 1 is 1.35 bits per heavy atom. The zero-order valence-electron chi connectivity index (χ0n) is 13.3. The van der Waals surface area contributed by atoms with E-state index < -0.39 is 11.6 Å². The molecule has 0 heterocycles. The van der Waals surface area contributed by atoms with E-state index in [-0.39, 0.29) is 17.2 Å². The topological polar surface area (TPSA) is 88.4 Å². The molecule has 1 aliphatic rings. The summed E-state index contributed by atoms with van der Waals surface area (Å²) in [6.45, 7) is 3.61. The van der Waals surface area contributed by atoms with Gasteiger partial charge in [0, 0.05) is 19.6 Å². The van der Waals surface area contributed by atoms with Gasteiger partial charge in [0.25, 0.3) is 5.91 Å². The van der Waals surface area contributed by atoms with Gasteiger partial charge in [-0.25, -0.2) is 0 Å². The van der Waals surface area contributed by atoms with Crippen LogP contribution in [0.1, 0.15) is 45.1 Å². The SMILES string of the molecule is CCOC1(C(=O)Nc2ccc(OC(C)=O)cc2C#N)CCCC1. The Kier molecular flexibility index (Phi) is 5.35. The summed E-state index contributed by atoms with van der Waals surface area (Å²) in [6.07, 6.45) is 3.26. The van der Waals surface area contributed by atoms with Gasteiger partial charge >= 0.3 is 5.97 Å². The van der Waals surface area contributed by atoms with Crippen LogP contribution in [-0.2, 0) is 14.3 Å². The molecular weight excluding hydrogens is 296 g/mol. The molecule has 1 saturated carbocycles. The molecule has 1 aliphatic carbocycles. The second kappa shape index (κ2) is 7.25. The number of rotatable bonds is 5. The molecule has 0 bridgehead atoms. The first-order valence-electron chi connectivity index (χ1n) is 7.69. The summed E-state index contributed by atoms with van der Waals surface area (Å²) in [5, 5.41) is 12.0. The molecule has 0 unspecified atom stereocenters. The standard InChI is InChI=1S/C17H20N2O4/c1-3-22-17(8-4-5-9-17)16(21)19-15-7-6-14(23-12(2)20)10-13(15)11-18/h6-7,10H,3-5,8-9H2,1-2H3,(H,19,21). The maximum Gasteiger partial charge on any atom is 0.308 e. The average Bonchev–Trinajstić information content (AvgIpc) is 2.98. The van der Waals surface area contributed by atoms with Crippen molar-refractivity contribution in [3.8, 4) is 11.8 Å². The number of hydrogen-bond acceptors (Lipinski definition) is 5. The number of nitrogens with one attached hydrogen (secondary N) is 1. The van der Waals surface area contributed by atoms with E-state index in [1.165, 1.54) is 13.0 Å². The number of nitrogens with zero attached hydrogens (tertiary/aromatic N) is 1.